The Balaban J connectivity index is 1.46. The summed E-state index contributed by atoms with van der Waals surface area (Å²) < 4.78 is 9.06. The third-order valence-electron chi connectivity index (χ3n) is 5.93. The van der Waals surface area contributed by atoms with Crippen molar-refractivity contribution in [2.24, 2.45) is 0 Å². The molecule has 34 heavy (non-hydrogen) atoms. The molecule has 0 atom stereocenters. The van der Waals surface area contributed by atoms with Gasteiger partial charge >= 0.3 is 5.76 Å². The van der Waals surface area contributed by atoms with Gasteiger partial charge in [-0.3, -0.25) is 9.36 Å². The van der Waals surface area contributed by atoms with Crippen molar-refractivity contribution < 1.29 is 9.21 Å². The minimum absolute atomic E-state index is 0.201. The number of likely N-dealkylation sites (N-methyl/N-ethyl adjacent to an activating group) is 1. The highest BCUT2D eigenvalue weighted by atomic mass is 16.4. The first-order chi connectivity index (χ1) is 16.5. The molecule has 7 heteroatoms. The van der Waals surface area contributed by atoms with E-state index in [0.717, 1.165) is 16.5 Å². The van der Waals surface area contributed by atoms with Gasteiger partial charge in [0.1, 0.15) is 0 Å². The van der Waals surface area contributed by atoms with E-state index in [2.05, 4.69) is 22.0 Å². The average molecular weight is 455 g/mol. The number of nitrogens with zero attached hydrogens (tertiary/aromatic N) is 3. The molecule has 0 bridgehead atoms. The van der Waals surface area contributed by atoms with Crippen molar-refractivity contribution in [2.45, 2.75) is 13.1 Å². The number of aromatic nitrogens is 2. The second-order valence-corrected chi connectivity index (χ2v) is 8.63. The Morgan fingerprint density at radius 3 is 2.53 bits per heavy atom. The first-order valence-corrected chi connectivity index (χ1v) is 11.2. The van der Waals surface area contributed by atoms with Crippen molar-refractivity contribution in [3.63, 3.8) is 0 Å². The normalized spacial score (nSPS) is 11.5. The van der Waals surface area contributed by atoms with E-state index in [0.29, 0.717) is 42.0 Å². The molecule has 0 fully saturated rings. The Kier molecular flexibility index (Phi) is 5.77. The van der Waals surface area contributed by atoms with E-state index in [4.69, 9.17) is 4.42 Å². The Labute approximate surface area is 196 Å². The molecule has 0 unspecified atom stereocenters. The molecule has 0 saturated heterocycles. The molecule has 0 aliphatic rings. The molecule has 2 heterocycles. The lowest BCUT2D eigenvalue weighted by atomic mass is 10.1. The van der Waals surface area contributed by atoms with E-state index in [-0.39, 0.29) is 5.91 Å². The molecular formula is C27H26N4O3. The van der Waals surface area contributed by atoms with Crippen molar-refractivity contribution in [3.05, 3.63) is 101 Å². The summed E-state index contributed by atoms with van der Waals surface area (Å²) in [7, 11) is 3.90. The average Bonchev–Trinajstić information content (AvgIpc) is 3.35. The highest BCUT2D eigenvalue weighted by Gasteiger charge is 2.17. The number of rotatable bonds is 7. The van der Waals surface area contributed by atoms with Gasteiger partial charge in [0, 0.05) is 42.4 Å². The zero-order valence-electron chi connectivity index (χ0n) is 19.2. The van der Waals surface area contributed by atoms with Gasteiger partial charge in [0.15, 0.2) is 5.58 Å². The molecule has 172 valence electrons. The number of oxazole rings is 1. The van der Waals surface area contributed by atoms with E-state index in [1.165, 1.54) is 0 Å². The molecule has 5 rings (SSSR count). The maximum Gasteiger partial charge on any atom is 0.419 e. The molecule has 1 N–H and O–H groups in total. The molecule has 0 saturated carbocycles. The predicted octanol–water partition coefficient (Wildman–Crippen LogP) is 4.41. The van der Waals surface area contributed by atoms with Crippen molar-refractivity contribution in [2.75, 3.05) is 26.0 Å². The van der Waals surface area contributed by atoms with Crippen LogP contribution >= 0.6 is 0 Å². The lowest BCUT2D eigenvalue weighted by Gasteiger charge is -2.10. The number of fused-ring (bicyclic) bond motifs is 2. The SMILES string of the molecule is CN(C)CCn1c(=O)oc2ccc(NC(=O)c3cn(Cc4ccccc4)c4ccccc34)cc21. The smallest absolute Gasteiger partial charge is 0.408 e. The topological polar surface area (TPSA) is 72.4 Å². The number of carbonyl (C=O) groups excluding carboxylic acids is 1. The van der Waals surface area contributed by atoms with Crippen LogP contribution in [-0.2, 0) is 13.1 Å². The van der Waals surface area contributed by atoms with Gasteiger partial charge in [-0.15, -0.1) is 0 Å². The number of hydrogen-bond donors (Lipinski definition) is 1. The lowest BCUT2D eigenvalue weighted by molar-refractivity contribution is 0.102. The fourth-order valence-electron chi connectivity index (χ4n) is 4.19. The number of hydrogen-bond acceptors (Lipinski definition) is 4. The Hall–Kier alpha value is -4.10. The molecule has 0 radical (unpaired) electrons. The molecule has 5 aromatic rings. The zero-order valence-corrected chi connectivity index (χ0v) is 19.2. The van der Waals surface area contributed by atoms with E-state index >= 15 is 0 Å². The molecule has 3 aromatic carbocycles. The van der Waals surface area contributed by atoms with Crippen LogP contribution in [0.15, 0.2) is 88.2 Å². The van der Waals surface area contributed by atoms with E-state index < -0.39 is 5.76 Å². The zero-order chi connectivity index (χ0) is 23.7. The van der Waals surface area contributed by atoms with Crippen LogP contribution in [-0.4, -0.2) is 40.6 Å². The molecule has 0 aliphatic heterocycles. The number of para-hydroxylation sites is 1. The van der Waals surface area contributed by atoms with Crippen molar-refractivity contribution >= 4 is 33.6 Å². The maximum atomic E-state index is 13.3. The van der Waals surface area contributed by atoms with Crippen LogP contribution in [0.2, 0.25) is 0 Å². The van der Waals surface area contributed by atoms with Crippen molar-refractivity contribution in [1.29, 1.82) is 0 Å². The van der Waals surface area contributed by atoms with Crippen LogP contribution in [0, 0.1) is 0 Å². The van der Waals surface area contributed by atoms with Gasteiger partial charge < -0.3 is 19.2 Å². The lowest BCUT2D eigenvalue weighted by Crippen LogP contribution is -2.23. The summed E-state index contributed by atoms with van der Waals surface area (Å²) in [4.78, 5) is 27.6. The van der Waals surface area contributed by atoms with Crippen LogP contribution in [0.4, 0.5) is 5.69 Å². The summed E-state index contributed by atoms with van der Waals surface area (Å²) in [6.07, 6.45) is 1.90. The first-order valence-electron chi connectivity index (χ1n) is 11.2. The summed E-state index contributed by atoms with van der Waals surface area (Å²) in [6.45, 7) is 1.88. The highest BCUT2D eigenvalue weighted by Crippen LogP contribution is 2.25. The fraction of sp³-hybridized carbons (Fsp3) is 0.185. The fourth-order valence-corrected chi connectivity index (χ4v) is 4.19. The molecule has 2 aromatic heterocycles. The van der Waals surface area contributed by atoms with Gasteiger partial charge in [-0.1, -0.05) is 48.5 Å². The van der Waals surface area contributed by atoms with Crippen molar-refractivity contribution in [3.8, 4) is 0 Å². The molecular weight excluding hydrogens is 428 g/mol. The predicted molar refractivity (Wildman–Crippen MR) is 134 cm³/mol. The van der Waals surface area contributed by atoms with Gasteiger partial charge in [-0.2, -0.15) is 0 Å². The third kappa shape index (κ3) is 4.25. The van der Waals surface area contributed by atoms with Gasteiger partial charge in [0.2, 0.25) is 0 Å². The number of benzene rings is 3. The number of carbonyl (C=O) groups is 1. The van der Waals surface area contributed by atoms with E-state index in [1.807, 2.05) is 67.7 Å². The Morgan fingerprint density at radius 1 is 0.971 bits per heavy atom. The number of amides is 1. The third-order valence-corrected chi connectivity index (χ3v) is 5.93. The molecule has 0 aliphatic carbocycles. The first kappa shape index (κ1) is 21.7. The summed E-state index contributed by atoms with van der Waals surface area (Å²) in [5.74, 6) is -0.600. The second kappa shape index (κ2) is 9.03. The van der Waals surface area contributed by atoms with Gasteiger partial charge in [0.05, 0.1) is 11.1 Å². The Bertz CT molecular complexity index is 1530. The summed E-state index contributed by atoms with van der Waals surface area (Å²) in [5.41, 5.74) is 4.54. The highest BCUT2D eigenvalue weighted by molar-refractivity contribution is 6.13. The van der Waals surface area contributed by atoms with Crippen LogP contribution in [0.1, 0.15) is 15.9 Å². The van der Waals surface area contributed by atoms with Gasteiger partial charge in [-0.05, 0) is 43.9 Å². The summed E-state index contributed by atoms with van der Waals surface area (Å²) >= 11 is 0. The van der Waals surface area contributed by atoms with Crippen LogP contribution in [0.25, 0.3) is 22.0 Å². The summed E-state index contributed by atoms with van der Waals surface area (Å²) in [5, 5.41) is 3.89. The van der Waals surface area contributed by atoms with Gasteiger partial charge in [0.25, 0.3) is 5.91 Å². The molecule has 7 nitrogen and oxygen atoms in total. The van der Waals surface area contributed by atoms with E-state index in [1.54, 1.807) is 22.8 Å². The van der Waals surface area contributed by atoms with Crippen molar-refractivity contribution in [1.82, 2.24) is 14.0 Å². The quantitative estimate of drug-likeness (QED) is 0.395. The van der Waals surface area contributed by atoms with Crippen LogP contribution in [0.5, 0.6) is 0 Å². The summed E-state index contributed by atoms with van der Waals surface area (Å²) in [6, 6.07) is 23.3. The molecule has 1 amide bonds. The largest absolute Gasteiger partial charge is 0.419 e. The van der Waals surface area contributed by atoms with Gasteiger partial charge in [-0.25, -0.2) is 4.79 Å². The molecule has 0 spiro atoms. The van der Waals surface area contributed by atoms with E-state index in [9.17, 15) is 9.59 Å². The van der Waals surface area contributed by atoms with Crippen LogP contribution in [0.3, 0.4) is 0 Å². The standard InChI is InChI=1S/C27H26N4O3/c1-29(2)14-15-31-24-16-20(12-13-25(24)34-27(31)33)28-26(32)22-18-30(17-19-8-4-3-5-9-19)23-11-7-6-10-21(22)23/h3-13,16,18H,14-15,17H2,1-2H3,(H,28,32). The minimum Gasteiger partial charge on any atom is -0.408 e. The minimum atomic E-state index is -0.399. The number of nitrogens with one attached hydrogen (secondary N) is 1. The number of anilines is 1. The monoisotopic (exact) mass is 454 g/mol. The van der Waals surface area contributed by atoms with Crippen LogP contribution < -0.4 is 11.1 Å². The maximum absolute atomic E-state index is 13.3. The second-order valence-electron chi connectivity index (χ2n) is 8.63. The Morgan fingerprint density at radius 2 is 1.74 bits per heavy atom.